The molecular formula is C31H28N4O. The van der Waals surface area contributed by atoms with Gasteiger partial charge >= 0.3 is 0 Å². The standard InChI is InChI=1S/C31H28N4O/c1-19(2)20-13-15-33-29(18-20)35-26-8-6-5-7-22(26)31(3,4)23-10-9-21(17-27(23)35)24-11-12-25-30(34-24)28(36)14-16-32-25/h5-19H,1-4H3,(H,32,36). The summed E-state index contributed by atoms with van der Waals surface area (Å²) in [7, 11) is 0. The van der Waals surface area contributed by atoms with Crippen LogP contribution in [0.4, 0.5) is 17.2 Å². The number of anilines is 3. The smallest absolute Gasteiger partial charge is 0.207 e. The van der Waals surface area contributed by atoms with Crippen LogP contribution in [0, 0.1) is 0 Å². The summed E-state index contributed by atoms with van der Waals surface area (Å²) < 4.78 is 0. The van der Waals surface area contributed by atoms with Gasteiger partial charge in [-0.15, -0.1) is 0 Å². The van der Waals surface area contributed by atoms with E-state index in [0.29, 0.717) is 11.4 Å². The summed E-state index contributed by atoms with van der Waals surface area (Å²) in [4.78, 5) is 27.4. The molecule has 0 spiro atoms. The fourth-order valence-corrected chi connectivity index (χ4v) is 5.25. The lowest BCUT2D eigenvalue weighted by Gasteiger charge is -2.41. The Hall–Kier alpha value is -4.25. The number of para-hydroxylation sites is 1. The van der Waals surface area contributed by atoms with Crippen LogP contribution in [0.25, 0.3) is 22.3 Å². The van der Waals surface area contributed by atoms with Gasteiger partial charge in [-0.05, 0) is 59.0 Å². The van der Waals surface area contributed by atoms with Gasteiger partial charge < -0.3 is 4.98 Å². The van der Waals surface area contributed by atoms with Crippen molar-refractivity contribution in [1.82, 2.24) is 15.0 Å². The summed E-state index contributed by atoms with van der Waals surface area (Å²) in [6.45, 7) is 8.94. The highest BCUT2D eigenvalue weighted by Crippen LogP contribution is 2.52. The number of H-pyrrole nitrogens is 1. The molecule has 0 bridgehead atoms. The summed E-state index contributed by atoms with van der Waals surface area (Å²) >= 11 is 0. The third-order valence-corrected chi connectivity index (χ3v) is 7.29. The van der Waals surface area contributed by atoms with E-state index in [2.05, 4.69) is 92.2 Å². The van der Waals surface area contributed by atoms with Crippen LogP contribution in [0.1, 0.15) is 50.3 Å². The highest BCUT2D eigenvalue weighted by atomic mass is 16.1. The molecule has 4 heterocycles. The molecule has 6 rings (SSSR count). The highest BCUT2D eigenvalue weighted by Gasteiger charge is 2.37. The van der Waals surface area contributed by atoms with E-state index in [1.54, 1.807) is 6.20 Å². The molecule has 0 fully saturated rings. The molecule has 0 saturated carbocycles. The van der Waals surface area contributed by atoms with E-state index in [9.17, 15) is 4.79 Å². The Morgan fingerprint density at radius 2 is 1.69 bits per heavy atom. The second kappa shape index (κ2) is 8.16. The zero-order chi connectivity index (χ0) is 25.0. The monoisotopic (exact) mass is 472 g/mol. The van der Waals surface area contributed by atoms with E-state index in [0.717, 1.165) is 34.0 Å². The molecule has 0 unspecified atom stereocenters. The van der Waals surface area contributed by atoms with Crippen molar-refractivity contribution in [2.24, 2.45) is 0 Å². The molecule has 2 aromatic carbocycles. The maximum atomic E-state index is 12.4. The van der Waals surface area contributed by atoms with Crippen LogP contribution in [0.2, 0.25) is 0 Å². The summed E-state index contributed by atoms with van der Waals surface area (Å²) in [5.74, 6) is 1.29. The van der Waals surface area contributed by atoms with Crippen LogP contribution in [0.3, 0.4) is 0 Å². The minimum absolute atomic E-state index is 0.0880. The number of nitrogens with one attached hydrogen (secondary N) is 1. The molecule has 0 atom stereocenters. The zero-order valence-electron chi connectivity index (χ0n) is 20.9. The van der Waals surface area contributed by atoms with Crippen LogP contribution >= 0.6 is 0 Å². The van der Waals surface area contributed by atoms with E-state index >= 15 is 0 Å². The predicted molar refractivity (Wildman–Crippen MR) is 146 cm³/mol. The Labute approximate surface area is 210 Å². The van der Waals surface area contributed by atoms with Crippen molar-refractivity contribution in [2.75, 3.05) is 4.90 Å². The third kappa shape index (κ3) is 3.42. The molecule has 36 heavy (non-hydrogen) atoms. The summed E-state index contributed by atoms with van der Waals surface area (Å²) in [5.41, 5.74) is 8.56. The highest BCUT2D eigenvalue weighted by molar-refractivity contribution is 5.87. The van der Waals surface area contributed by atoms with Crippen LogP contribution < -0.4 is 10.3 Å². The molecule has 0 radical (unpaired) electrons. The number of benzene rings is 2. The third-order valence-electron chi connectivity index (χ3n) is 7.29. The molecule has 1 aliphatic rings. The molecule has 5 aromatic rings. The van der Waals surface area contributed by atoms with Crippen LogP contribution in [0.15, 0.2) is 90.0 Å². The lowest BCUT2D eigenvalue weighted by molar-refractivity contribution is 0.631. The Kier molecular flexibility index (Phi) is 5.04. The quantitative estimate of drug-likeness (QED) is 0.301. The van der Waals surface area contributed by atoms with Crippen LogP contribution in [-0.2, 0) is 5.41 Å². The molecule has 0 amide bonds. The van der Waals surface area contributed by atoms with E-state index in [4.69, 9.17) is 9.97 Å². The van der Waals surface area contributed by atoms with Gasteiger partial charge in [-0.25, -0.2) is 9.97 Å². The zero-order valence-corrected chi connectivity index (χ0v) is 20.9. The van der Waals surface area contributed by atoms with Gasteiger partial charge in [-0.2, -0.15) is 0 Å². The second-order valence-electron chi connectivity index (χ2n) is 10.2. The van der Waals surface area contributed by atoms with E-state index in [1.807, 2.05) is 18.3 Å². The molecule has 5 nitrogen and oxygen atoms in total. The fourth-order valence-electron chi connectivity index (χ4n) is 5.25. The molecule has 0 saturated heterocycles. The average molecular weight is 473 g/mol. The first-order valence-corrected chi connectivity index (χ1v) is 12.3. The van der Waals surface area contributed by atoms with Crippen molar-refractivity contribution in [1.29, 1.82) is 0 Å². The second-order valence-corrected chi connectivity index (χ2v) is 10.2. The number of hydrogen-bond donors (Lipinski definition) is 1. The van der Waals surface area contributed by atoms with Crippen molar-refractivity contribution in [3.63, 3.8) is 0 Å². The first kappa shape index (κ1) is 22.2. The lowest BCUT2D eigenvalue weighted by Crippen LogP contribution is -2.31. The van der Waals surface area contributed by atoms with Crippen molar-refractivity contribution in [2.45, 2.75) is 39.0 Å². The number of pyridine rings is 3. The maximum absolute atomic E-state index is 12.4. The molecule has 5 heteroatoms. The fraction of sp³-hybridized carbons (Fsp3) is 0.194. The minimum atomic E-state index is -0.190. The first-order chi connectivity index (χ1) is 17.3. The first-order valence-electron chi connectivity index (χ1n) is 12.3. The number of hydrogen-bond acceptors (Lipinski definition) is 4. The summed E-state index contributed by atoms with van der Waals surface area (Å²) in [6, 6.07) is 24.7. The van der Waals surface area contributed by atoms with E-state index in [1.165, 1.54) is 22.8 Å². The van der Waals surface area contributed by atoms with Crippen LogP contribution in [0.5, 0.6) is 0 Å². The van der Waals surface area contributed by atoms with Gasteiger partial charge in [0, 0.05) is 29.4 Å². The minimum Gasteiger partial charge on any atom is -0.360 e. The van der Waals surface area contributed by atoms with Crippen LogP contribution in [-0.4, -0.2) is 15.0 Å². The van der Waals surface area contributed by atoms with Gasteiger partial charge in [0.05, 0.1) is 22.6 Å². The van der Waals surface area contributed by atoms with E-state index in [-0.39, 0.29) is 10.8 Å². The number of aromatic amines is 1. The molecule has 1 N–H and O–H groups in total. The molecule has 0 aliphatic carbocycles. The number of aromatic nitrogens is 3. The number of nitrogens with zero attached hydrogens (tertiary/aromatic N) is 3. The van der Waals surface area contributed by atoms with Crippen molar-refractivity contribution in [3.05, 3.63) is 112 Å². The number of rotatable bonds is 3. The Bertz CT molecular complexity index is 1680. The average Bonchev–Trinajstić information content (AvgIpc) is 2.89. The van der Waals surface area contributed by atoms with Crippen molar-refractivity contribution < 1.29 is 0 Å². The molecule has 3 aromatic heterocycles. The largest absolute Gasteiger partial charge is 0.360 e. The summed E-state index contributed by atoms with van der Waals surface area (Å²) in [6.07, 6.45) is 3.55. The topological polar surface area (TPSA) is 61.9 Å². The van der Waals surface area contributed by atoms with Gasteiger partial charge in [0.25, 0.3) is 0 Å². The number of fused-ring (bicyclic) bond motifs is 3. The van der Waals surface area contributed by atoms with Gasteiger partial charge in [0.1, 0.15) is 11.3 Å². The van der Waals surface area contributed by atoms with E-state index < -0.39 is 0 Å². The molecule has 1 aliphatic heterocycles. The van der Waals surface area contributed by atoms with Gasteiger partial charge in [0.2, 0.25) is 5.43 Å². The van der Waals surface area contributed by atoms with Crippen molar-refractivity contribution >= 4 is 28.2 Å². The molecular weight excluding hydrogens is 444 g/mol. The predicted octanol–water partition coefficient (Wildman–Crippen LogP) is 7.22. The Morgan fingerprint density at radius 3 is 2.53 bits per heavy atom. The van der Waals surface area contributed by atoms with Gasteiger partial charge in [-0.1, -0.05) is 58.0 Å². The summed E-state index contributed by atoms with van der Waals surface area (Å²) in [5, 5.41) is 0. The van der Waals surface area contributed by atoms with Gasteiger partial charge in [-0.3, -0.25) is 9.69 Å². The van der Waals surface area contributed by atoms with Gasteiger partial charge in [0.15, 0.2) is 0 Å². The maximum Gasteiger partial charge on any atom is 0.207 e. The van der Waals surface area contributed by atoms with Crippen molar-refractivity contribution in [3.8, 4) is 11.3 Å². The Balaban J connectivity index is 1.59. The Morgan fingerprint density at radius 1 is 0.889 bits per heavy atom. The normalized spacial score (nSPS) is 14.1. The lowest BCUT2D eigenvalue weighted by atomic mass is 9.73. The molecule has 178 valence electrons. The SMILES string of the molecule is CC(C)c1ccnc(N2c3ccccc3C(C)(C)c3ccc(-c4ccc5[nH]ccc(=O)c5n4)cc32)c1.